The average molecular weight is 141 g/mol. The van der Waals surface area contributed by atoms with Gasteiger partial charge < -0.3 is 4.74 Å². The Morgan fingerprint density at radius 1 is 1.10 bits per heavy atom. The topological polar surface area (TPSA) is 9.23 Å². The van der Waals surface area contributed by atoms with Crippen LogP contribution >= 0.6 is 0 Å². The van der Waals surface area contributed by atoms with Crippen molar-refractivity contribution >= 4 is 0 Å². The van der Waals surface area contributed by atoms with Gasteiger partial charge in [-0.15, -0.1) is 0 Å². The Balaban J connectivity index is 2.13. The minimum atomic E-state index is 0.382. The van der Waals surface area contributed by atoms with Crippen LogP contribution in [-0.2, 0) is 4.74 Å². The second kappa shape index (κ2) is 3.97. The van der Waals surface area contributed by atoms with Gasteiger partial charge in [-0.1, -0.05) is 19.3 Å². The molecule has 0 aromatic rings. The molecular weight excluding hydrogens is 124 g/mol. The fourth-order valence-corrected chi connectivity index (χ4v) is 1.40. The summed E-state index contributed by atoms with van der Waals surface area (Å²) in [5.41, 5.74) is 0. The van der Waals surface area contributed by atoms with E-state index < -0.39 is 0 Å². The number of hydrogen-bond donors (Lipinski definition) is 0. The van der Waals surface area contributed by atoms with E-state index in [-0.39, 0.29) is 0 Å². The summed E-state index contributed by atoms with van der Waals surface area (Å²) >= 11 is 0. The van der Waals surface area contributed by atoms with Crippen molar-refractivity contribution in [1.82, 2.24) is 0 Å². The molecule has 10 heavy (non-hydrogen) atoms. The second-order valence-corrected chi connectivity index (χ2v) is 3.27. The van der Waals surface area contributed by atoms with Crippen LogP contribution in [-0.4, -0.2) is 6.10 Å². The van der Waals surface area contributed by atoms with E-state index in [2.05, 4.69) is 13.8 Å². The quantitative estimate of drug-likeness (QED) is 0.574. The highest BCUT2D eigenvalue weighted by atomic mass is 16.5. The van der Waals surface area contributed by atoms with Gasteiger partial charge in [0.1, 0.15) is 0 Å². The molecule has 1 heteroatoms. The van der Waals surface area contributed by atoms with Gasteiger partial charge in [-0.25, -0.2) is 0 Å². The summed E-state index contributed by atoms with van der Waals surface area (Å²) in [5.74, 6) is 0. The van der Waals surface area contributed by atoms with Crippen molar-refractivity contribution < 1.29 is 4.74 Å². The molecule has 0 aliphatic heterocycles. The molecule has 0 aromatic carbocycles. The van der Waals surface area contributed by atoms with Crippen molar-refractivity contribution in [2.24, 2.45) is 0 Å². The summed E-state index contributed by atoms with van der Waals surface area (Å²) in [4.78, 5) is 0. The maximum atomic E-state index is 5.61. The molecule has 0 saturated heterocycles. The molecule has 0 atom stereocenters. The first-order valence-corrected chi connectivity index (χ1v) is 4.30. The monoisotopic (exact) mass is 141 g/mol. The highest BCUT2D eigenvalue weighted by molar-refractivity contribution is 4.82. The minimum absolute atomic E-state index is 0.382. The van der Waals surface area contributed by atoms with Crippen molar-refractivity contribution in [2.45, 2.75) is 52.1 Å². The van der Waals surface area contributed by atoms with E-state index in [9.17, 15) is 0 Å². The molecule has 0 amide bonds. The predicted octanol–water partition coefficient (Wildman–Crippen LogP) is 2.91. The third-order valence-electron chi connectivity index (χ3n) is 1.81. The lowest BCUT2D eigenvalue weighted by molar-refractivity contribution is 0.0646. The van der Waals surface area contributed by atoms with E-state index in [0.717, 1.165) is 0 Å². The zero-order chi connectivity index (χ0) is 7.40. The van der Waals surface area contributed by atoms with Crippen LogP contribution in [0.1, 0.15) is 46.0 Å². The largest absolute Gasteiger partial charge is 0.369 e. The zero-order valence-electron chi connectivity index (χ0n) is 7.02. The fraction of sp³-hybridized carbons (Fsp3) is 0.889. The van der Waals surface area contributed by atoms with Crippen LogP contribution in [0.4, 0.5) is 0 Å². The first kappa shape index (κ1) is 8.06. The first-order valence-electron chi connectivity index (χ1n) is 4.30. The Morgan fingerprint density at radius 2 is 1.70 bits per heavy atom. The van der Waals surface area contributed by atoms with Crippen molar-refractivity contribution in [3.63, 3.8) is 0 Å². The summed E-state index contributed by atoms with van der Waals surface area (Å²) < 4.78 is 5.61. The molecule has 0 aromatic heterocycles. The standard InChI is InChI=1S/C9H17O/c1-8(2)10-9-6-4-3-5-7-9/h8H,3-7H2,1-2H3. The van der Waals surface area contributed by atoms with E-state index in [1.165, 1.54) is 38.2 Å². The van der Waals surface area contributed by atoms with E-state index in [0.29, 0.717) is 6.10 Å². The van der Waals surface area contributed by atoms with Gasteiger partial charge in [0.05, 0.1) is 12.2 Å². The molecule has 0 N–H and O–H groups in total. The lowest BCUT2D eigenvalue weighted by atomic mass is 9.98. The fourth-order valence-electron chi connectivity index (χ4n) is 1.40. The lowest BCUT2D eigenvalue weighted by Gasteiger charge is -2.22. The van der Waals surface area contributed by atoms with Crippen LogP contribution < -0.4 is 0 Å². The maximum absolute atomic E-state index is 5.61. The van der Waals surface area contributed by atoms with Crippen molar-refractivity contribution in [1.29, 1.82) is 0 Å². The van der Waals surface area contributed by atoms with E-state index in [1.807, 2.05) is 0 Å². The van der Waals surface area contributed by atoms with Crippen LogP contribution in [0.2, 0.25) is 0 Å². The maximum Gasteiger partial charge on any atom is 0.0974 e. The highest BCUT2D eigenvalue weighted by Crippen LogP contribution is 2.27. The van der Waals surface area contributed by atoms with E-state index >= 15 is 0 Å². The zero-order valence-corrected chi connectivity index (χ0v) is 7.02. The van der Waals surface area contributed by atoms with Gasteiger partial charge in [0.25, 0.3) is 0 Å². The Morgan fingerprint density at radius 3 is 2.20 bits per heavy atom. The molecular formula is C9H17O. The van der Waals surface area contributed by atoms with Crippen molar-refractivity contribution in [2.75, 3.05) is 0 Å². The molecule has 59 valence electrons. The van der Waals surface area contributed by atoms with Gasteiger partial charge in [-0.05, 0) is 26.7 Å². The van der Waals surface area contributed by atoms with Crippen LogP contribution in [0, 0.1) is 6.10 Å². The van der Waals surface area contributed by atoms with Crippen LogP contribution in [0.15, 0.2) is 0 Å². The molecule has 0 spiro atoms. The van der Waals surface area contributed by atoms with Crippen LogP contribution in [0.25, 0.3) is 0 Å². The average Bonchev–Trinajstić information content (AvgIpc) is 1.88. The SMILES string of the molecule is CC(C)O[C]1CCCCC1. The Labute approximate surface area is 63.8 Å². The molecule has 1 aliphatic carbocycles. The smallest absolute Gasteiger partial charge is 0.0974 e. The van der Waals surface area contributed by atoms with Gasteiger partial charge in [-0.3, -0.25) is 0 Å². The predicted molar refractivity (Wildman–Crippen MR) is 42.5 cm³/mol. The molecule has 1 aliphatic rings. The summed E-state index contributed by atoms with van der Waals surface area (Å²) in [7, 11) is 0. The van der Waals surface area contributed by atoms with Crippen LogP contribution in [0.5, 0.6) is 0 Å². The lowest BCUT2D eigenvalue weighted by Crippen LogP contribution is -2.12. The summed E-state index contributed by atoms with van der Waals surface area (Å²) in [6, 6.07) is 0. The van der Waals surface area contributed by atoms with Gasteiger partial charge >= 0.3 is 0 Å². The number of hydrogen-bond acceptors (Lipinski definition) is 1. The molecule has 1 radical (unpaired) electrons. The third-order valence-corrected chi connectivity index (χ3v) is 1.81. The molecule has 1 nitrogen and oxygen atoms in total. The van der Waals surface area contributed by atoms with Crippen LogP contribution in [0.3, 0.4) is 0 Å². The number of ether oxygens (including phenoxy) is 1. The molecule has 1 fully saturated rings. The molecule has 1 saturated carbocycles. The van der Waals surface area contributed by atoms with Gasteiger partial charge in [0.2, 0.25) is 0 Å². The summed E-state index contributed by atoms with van der Waals surface area (Å²) in [6.45, 7) is 4.20. The molecule has 0 heterocycles. The highest BCUT2D eigenvalue weighted by Gasteiger charge is 2.15. The Kier molecular flexibility index (Phi) is 3.20. The van der Waals surface area contributed by atoms with E-state index in [1.54, 1.807) is 0 Å². The minimum Gasteiger partial charge on any atom is -0.369 e. The Hall–Kier alpha value is -0.0400. The summed E-state index contributed by atoms with van der Waals surface area (Å²) in [6.07, 6.45) is 8.19. The van der Waals surface area contributed by atoms with Gasteiger partial charge in [0, 0.05) is 0 Å². The van der Waals surface area contributed by atoms with Gasteiger partial charge in [-0.2, -0.15) is 0 Å². The van der Waals surface area contributed by atoms with E-state index in [4.69, 9.17) is 4.74 Å². The third kappa shape index (κ3) is 2.70. The number of rotatable bonds is 2. The second-order valence-electron chi connectivity index (χ2n) is 3.27. The molecule has 1 rings (SSSR count). The first-order chi connectivity index (χ1) is 4.79. The van der Waals surface area contributed by atoms with Gasteiger partial charge in [0.15, 0.2) is 0 Å². The van der Waals surface area contributed by atoms with Crippen molar-refractivity contribution in [3.05, 3.63) is 6.10 Å². The van der Waals surface area contributed by atoms with Crippen molar-refractivity contribution in [3.8, 4) is 0 Å². The summed E-state index contributed by atoms with van der Waals surface area (Å²) in [5, 5.41) is 0. The molecule has 0 bridgehead atoms. The normalized spacial score (nSPS) is 21.9. The molecule has 0 unspecified atom stereocenters. The Bertz CT molecular complexity index is 82.7.